The minimum atomic E-state index is 0.580. The van der Waals surface area contributed by atoms with Crippen molar-refractivity contribution in [1.82, 2.24) is 4.98 Å². The Balaban J connectivity index is 1.03. The molecule has 12 rings (SSSR count). The molecule has 0 aliphatic carbocycles. The van der Waals surface area contributed by atoms with E-state index in [-0.39, 0.29) is 0 Å². The van der Waals surface area contributed by atoms with Crippen LogP contribution in [0.5, 0.6) is 0 Å². The fraction of sp³-hybridized carbons (Fsp3) is 0. The van der Waals surface area contributed by atoms with Crippen LogP contribution >= 0.6 is 11.3 Å². The predicted molar refractivity (Wildman–Crippen MR) is 235 cm³/mol. The Morgan fingerprint density at radius 1 is 0.411 bits per heavy atom. The molecule has 262 valence electrons. The van der Waals surface area contributed by atoms with Crippen LogP contribution in [0.15, 0.2) is 191 Å². The van der Waals surface area contributed by atoms with Gasteiger partial charge in [0.25, 0.3) is 0 Å². The van der Waals surface area contributed by atoms with Crippen molar-refractivity contribution in [2.45, 2.75) is 0 Å². The van der Waals surface area contributed by atoms with Crippen molar-refractivity contribution >= 4 is 103 Å². The summed E-state index contributed by atoms with van der Waals surface area (Å²) in [6.07, 6.45) is 0. The van der Waals surface area contributed by atoms with E-state index in [1.165, 1.54) is 36.5 Å². The first-order valence-electron chi connectivity index (χ1n) is 18.8. The van der Waals surface area contributed by atoms with Gasteiger partial charge < -0.3 is 13.7 Å². The maximum atomic E-state index is 6.66. The van der Waals surface area contributed by atoms with Gasteiger partial charge in [0.2, 0.25) is 5.89 Å². The number of anilines is 3. The molecule has 0 amide bonds. The number of rotatable bonds is 5. The lowest BCUT2D eigenvalue weighted by atomic mass is 10.0. The second kappa shape index (κ2) is 12.2. The lowest BCUT2D eigenvalue weighted by Gasteiger charge is -2.26. The number of aromatic nitrogens is 1. The van der Waals surface area contributed by atoms with Crippen molar-refractivity contribution in [3.8, 4) is 22.6 Å². The van der Waals surface area contributed by atoms with Crippen LogP contribution in [0.25, 0.3) is 97.3 Å². The second-order valence-electron chi connectivity index (χ2n) is 14.3. The van der Waals surface area contributed by atoms with Gasteiger partial charge in [-0.2, -0.15) is 0 Å². The van der Waals surface area contributed by atoms with E-state index >= 15 is 0 Å². The predicted octanol–water partition coefficient (Wildman–Crippen LogP) is 15.2. The van der Waals surface area contributed by atoms with Crippen LogP contribution in [0.2, 0.25) is 0 Å². The number of nitrogens with zero attached hydrogens (tertiary/aromatic N) is 2. The Morgan fingerprint density at radius 2 is 1.14 bits per heavy atom. The fourth-order valence-electron chi connectivity index (χ4n) is 8.44. The molecule has 0 aliphatic rings. The third-order valence-corrected chi connectivity index (χ3v) is 12.2. The van der Waals surface area contributed by atoms with E-state index in [9.17, 15) is 0 Å². The first-order chi connectivity index (χ1) is 27.7. The van der Waals surface area contributed by atoms with Crippen LogP contribution in [-0.2, 0) is 0 Å². The molecule has 0 radical (unpaired) electrons. The molecule has 0 spiro atoms. The van der Waals surface area contributed by atoms with Crippen molar-refractivity contribution in [2.75, 3.05) is 4.90 Å². The molecule has 56 heavy (non-hydrogen) atoms. The molecule has 0 saturated heterocycles. The first-order valence-corrected chi connectivity index (χ1v) is 19.6. The molecular formula is C51H30N2O2S. The van der Waals surface area contributed by atoms with Gasteiger partial charge in [-0.3, -0.25) is 0 Å². The van der Waals surface area contributed by atoms with Crippen LogP contribution in [0.3, 0.4) is 0 Å². The molecule has 9 aromatic carbocycles. The number of benzene rings is 9. The highest BCUT2D eigenvalue weighted by Gasteiger charge is 2.21. The molecule has 3 heterocycles. The second-order valence-corrected chi connectivity index (χ2v) is 15.4. The highest BCUT2D eigenvalue weighted by molar-refractivity contribution is 7.26. The Labute approximate surface area is 325 Å². The molecule has 0 aliphatic heterocycles. The third kappa shape index (κ3) is 4.88. The summed E-state index contributed by atoms with van der Waals surface area (Å²) in [5.74, 6) is 0.580. The lowest BCUT2D eigenvalue weighted by molar-refractivity contribution is 0.620. The van der Waals surface area contributed by atoms with Gasteiger partial charge in [-0.1, -0.05) is 109 Å². The minimum absolute atomic E-state index is 0.580. The van der Waals surface area contributed by atoms with Crippen molar-refractivity contribution in [3.05, 3.63) is 182 Å². The summed E-state index contributed by atoms with van der Waals surface area (Å²) in [7, 11) is 0. The van der Waals surface area contributed by atoms with Gasteiger partial charge in [0.15, 0.2) is 5.58 Å². The molecule has 0 fully saturated rings. The number of oxazole rings is 1. The molecule has 0 saturated carbocycles. The highest BCUT2D eigenvalue weighted by Crippen LogP contribution is 2.45. The number of fused-ring (bicyclic) bond motifs is 10. The summed E-state index contributed by atoms with van der Waals surface area (Å²) in [6, 6.07) is 64.5. The quantitative estimate of drug-likeness (QED) is 0.177. The smallest absolute Gasteiger partial charge is 0.228 e. The minimum Gasteiger partial charge on any atom is -0.456 e. The molecule has 3 aromatic heterocycles. The van der Waals surface area contributed by atoms with E-state index in [0.29, 0.717) is 5.89 Å². The van der Waals surface area contributed by atoms with E-state index in [1.54, 1.807) is 0 Å². The van der Waals surface area contributed by atoms with Crippen LogP contribution in [0, 0.1) is 0 Å². The summed E-state index contributed by atoms with van der Waals surface area (Å²) in [5.41, 5.74) is 9.57. The number of furan rings is 1. The van der Waals surface area contributed by atoms with Gasteiger partial charge in [0.1, 0.15) is 16.7 Å². The van der Waals surface area contributed by atoms with Gasteiger partial charge >= 0.3 is 0 Å². The summed E-state index contributed by atoms with van der Waals surface area (Å²) in [5, 5.41) is 9.40. The van der Waals surface area contributed by atoms with Crippen molar-refractivity contribution in [2.24, 2.45) is 0 Å². The average molecular weight is 735 g/mol. The number of hydrogen-bond donors (Lipinski definition) is 0. The number of thiophene rings is 1. The Kier molecular flexibility index (Phi) is 6.76. The maximum Gasteiger partial charge on any atom is 0.228 e. The SMILES string of the molecule is c1ccc(-c2cccc(N(c3ccc4c(c3)oc3cccc(-c5nc6cc7ccccc7cc6o5)c34)c3ccc4c(c3)sc3ccc5ccccc5c34)c2)cc1. The highest BCUT2D eigenvalue weighted by atomic mass is 32.1. The Hall–Kier alpha value is -7.21. The van der Waals surface area contributed by atoms with Crippen molar-refractivity contribution in [1.29, 1.82) is 0 Å². The lowest BCUT2D eigenvalue weighted by Crippen LogP contribution is -2.09. The molecular weight excluding hydrogens is 705 g/mol. The van der Waals surface area contributed by atoms with E-state index in [0.717, 1.165) is 72.0 Å². The van der Waals surface area contributed by atoms with Crippen LogP contribution < -0.4 is 4.90 Å². The Morgan fingerprint density at radius 3 is 2.04 bits per heavy atom. The topological polar surface area (TPSA) is 42.4 Å². The zero-order valence-corrected chi connectivity index (χ0v) is 30.8. The molecule has 12 aromatic rings. The normalized spacial score (nSPS) is 11.9. The van der Waals surface area contributed by atoms with Gasteiger partial charge in [-0.15, -0.1) is 11.3 Å². The Bertz CT molecular complexity index is 3450. The third-order valence-electron chi connectivity index (χ3n) is 11.0. The standard InChI is InChI=1S/C51H30N2O2S/c1-2-10-31(11-3-1)33-15-8-16-36(26-33)53(38-22-24-41-48(30-38)56-47-25-20-32-12-6-7-17-39(32)50(41)47)37-21-23-40-45(29-37)54-44-19-9-18-42(49(40)44)51-52-43-27-34-13-4-5-14-35(34)28-46(43)55-51/h1-30H. The fourth-order valence-corrected chi connectivity index (χ4v) is 9.59. The molecule has 0 unspecified atom stereocenters. The van der Waals surface area contributed by atoms with Crippen LogP contribution in [0.1, 0.15) is 0 Å². The molecule has 5 heteroatoms. The largest absolute Gasteiger partial charge is 0.456 e. The summed E-state index contributed by atoms with van der Waals surface area (Å²) < 4.78 is 15.6. The average Bonchev–Trinajstić information content (AvgIpc) is 3.96. The monoisotopic (exact) mass is 734 g/mol. The van der Waals surface area contributed by atoms with Gasteiger partial charge in [-0.25, -0.2) is 4.98 Å². The first kappa shape index (κ1) is 31.2. The van der Waals surface area contributed by atoms with E-state index < -0.39 is 0 Å². The van der Waals surface area contributed by atoms with E-state index in [2.05, 4.69) is 163 Å². The van der Waals surface area contributed by atoms with Gasteiger partial charge in [0, 0.05) is 59.6 Å². The zero-order chi connectivity index (χ0) is 36.7. The maximum absolute atomic E-state index is 6.66. The molecule has 0 bridgehead atoms. The van der Waals surface area contributed by atoms with Crippen molar-refractivity contribution in [3.63, 3.8) is 0 Å². The molecule has 0 atom stereocenters. The summed E-state index contributed by atoms with van der Waals surface area (Å²) in [6.45, 7) is 0. The summed E-state index contributed by atoms with van der Waals surface area (Å²) >= 11 is 1.85. The molecule has 4 nitrogen and oxygen atoms in total. The molecule has 0 N–H and O–H groups in total. The van der Waals surface area contributed by atoms with Crippen LogP contribution in [0.4, 0.5) is 17.1 Å². The van der Waals surface area contributed by atoms with Gasteiger partial charge in [-0.05, 0) is 99.4 Å². The zero-order valence-electron chi connectivity index (χ0n) is 29.9. The van der Waals surface area contributed by atoms with E-state index in [4.69, 9.17) is 13.8 Å². The summed E-state index contributed by atoms with van der Waals surface area (Å²) in [4.78, 5) is 7.31. The van der Waals surface area contributed by atoms with Gasteiger partial charge in [0.05, 0.1) is 0 Å². The van der Waals surface area contributed by atoms with Crippen LogP contribution in [-0.4, -0.2) is 4.98 Å². The number of hydrogen-bond acceptors (Lipinski definition) is 5. The van der Waals surface area contributed by atoms with Crippen molar-refractivity contribution < 1.29 is 8.83 Å². The van der Waals surface area contributed by atoms with E-state index in [1.807, 2.05) is 35.6 Å².